The average Bonchev–Trinajstić information content (AvgIpc) is 2.96. The van der Waals surface area contributed by atoms with Crippen LogP contribution in [0.2, 0.25) is 0 Å². The van der Waals surface area contributed by atoms with Gasteiger partial charge in [0.25, 0.3) is 0 Å². The average molecular weight is 280 g/mol. The number of hydrogen-bond donors (Lipinski definition) is 4. The number of anilines is 1. The van der Waals surface area contributed by atoms with Crippen molar-refractivity contribution in [3.8, 4) is 0 Å². The van der Waals surface area contributed by atoms with Crippen LogP contribution in [0.5, 0.6) is 0 Å². The molecule has 0 amide bonds. The molecule has 0 spiro atoms. The van der Waals surface area contributed by atoms with Gasteiger partial charge in [-0.2, -0.15) is 5.10 Å². The fourth-order valence-corrected chi connectivity index (χ4v) is 2.67. The molecule has 8 nitrogen and oxygen atoms in total. The van der Waals surface area contributed by atoms with Crippen LogP contribution >= 0.6 is 0 Å². The van der Waals surface area contributed by atoms with E-state index in [9.17, 15) is 15.3 Å². The van der Waals surface area contributed by atoms with Crippen molar-refractivity contribution in [2.24, 2.45) is 0 Å². The second-order valence-corrected chi connectivity index (χ2v) is 5.04. The van der Waals surface area contributed by atoms with Crippen LogP contribution in [0.1, 0.15) is 12.6 Å². The Morgan fingerprint density at radius 3 is 2.85 bits per heavy atom. The van der Waals surface area contributed by atoms with Gasteiger partial charge in [-0.3, -0.25) is 0 Å². The molecule has 3 heterocycles. The Kier molecular flexibility index (Phi) is 2.91. The number of aromatic nitrogens is 3. The van der Waals surface area contributed by atoms with Crippen LogP contribution in [0.4, 0.5) is 5.82 Å². The number of fused-ring (bicyclic) bond motifs is 1. The Balaban J connectivity index is 2.13. The van der Waals surface area contributed by atoms with E-state index < -0.39 is 23.9 Å². The van der Waals surface area contributed by atoms with Crippen molar-refractivity contribution in [3.63, 3.8) is 0 Å². The number of rotatable bonds is 2. The van der Waals surface area contributed by atoms with Gasteiger partial charge in [0.1, 0.15) is 35.8 Å². The van der Waals surface area contributed by atoms with Gasteiger partial charge in [-0.25, -0.2) is 9.50 Å². The van der Waals surface area contributed by atoms with Crippen LogP contribution in [-0.4, -0.2) is 54.8 Å². The lowest BCUT2D eigenvalue weighted by molar-refractivity contribution is -0.0890. The Morgan fingerprint density at radius 2 is 2.20 bits per heavy atom. The molecule has 8 heteroatoms. The monoisotopic (exact) mass is 280 g/mol. The molecule has 108 valence electrons. The second-order valence-electron chi connectivity index (χ2n) is 5.04. The Labute approximate surface area is 114 Å². The topological polar surface area (TPSA) is 126 Å². The molecule has 0 radical (unpaired) electrons. The van der Waals surface area contributed by atoms with Gasteiger partial charge in [-0.05, 0) is 19.1 Å². The molecule has 1 aliphatic heterocycles. The molecule has 2 unspecified atom stereocenters. The van der Waals surface area contributed by atoms with Crippen LogP contribution in [0.15, 0.2) is 18.5 Å². The van der Waals surface area contributed by atoms with Crippen LogP contribution in [-0.2, 0) is 10.3 Å². The number of aliphatic hydroxyl groups excluding tert-OH is 3. The molecule has 2 aromatic rings. The zero-order chi connectivity index (χ0) is 14.5. The first-order chi connectivity index (χ1) is 9.49. The van der Waals surface area contributed by atoms with Crippen molar-refractivity contribution in [3.05, 3.63) is 24.2 Å². The van der Waals surface area contributed by atoms with Gasteiger partial charge in [0.2, 0.25) is 0 Å². The first-order valence-corrected chi connectivity index (χ1v) is 6.22. The largest absolute Gasteiger partial charge is 0.394 e. The van der Waals surface area contributed by atoms with E-state index in [2.05, 4.69) is 10.1 Å². The summed E-state index contributed by atoms with van der Waals surface area (Å²) >= 11 is 0. The maximum Gasteiger partial charge on any atom is 0.151 e. The quantitative estimate of drug-likeness (QED) is 0.535. The fourth-order valence-electron chi connectivity index (χ4n) is 2.67. The van der Waals surface area contributed by atoms with Crippen molar-refractivity contribution in [2.45, 2.75) is 30.8 Å². The predicted octanol–water partition coefficient (Wildman–Crippen LogP) is -1.36. The third kappa shape index (κ3) is 1.63. The molecule has 3 rings (SSSR count). The molecule has 0 bridgehead atoms. The van der Waals surface area contributed by atoms with E-state index in [1.54, 1.807) is 19.1 Å². The minimum atomic E-state index is -1.19. The smallest absolute Gasteiger partial charge is 0.151 e. The molecule has 1 saturated heterocycles. The normalized spacial score (nSPS) is 33.9. The lowest BCUT2D eigenvalue weighted by atomic mass is 9.93. The molecule has 0 saturated carbocycles. The number of nitrogens with two attached hydrogens (primary N) is 1. The van der Waals surface area contributed by atoms with Crippen molar-refractivity contribution in [1.82, 2.24) is 14.6 Å². The third-order valence-corrected chi connectivity index (χ3v) is 3.84. The zero-order valence-electron chi connectivity index (χ0n) is 10.8. The Morgan fingerprint density at radius 1 is 1.45 bits per heavy atom. The summed E-state index contributed by atoms with van der Waals surface area (Å²) in [6.07, 6.45) is -1.90. The Bertz CT molecular complexity index is 645. The standard InChI is InChI=1S/C12H16N4O4/c1-12(10(19)9(18)7(4-17)20-12)8-3-2-6-11(13)14-5-15-16(6)8/h2-3,5,7,9-10,17-19H,4H2,1H3,(H2,13,14,15)/t7?,9-,10-,12?/m1/s1. The van der Waals surface area contributed by atoms with Crippen molar-refractivity contribution < 1.29 is 20.1 Å². The molecule has 4 atom stereocenters. The summed E-state index contributed by atoms with van der Waals surface area (Å²) in [5, 5.41) is 33.4. The number of nitrogens with zero attached hydrogens (tertiary/aromatic N) is 3. The lowest BCUT2D eigenvalue weighted by Gasteiger charge is -2.27. The summed E-state index contributed by atoms with van der Waals surface area (Å²) < 4.78 is 7.15. The van der Waals surface area contributed by atoms with Gasteiger partial charge in [0.05, 0.1) is 12.3 Å². The summed E-state index contributed by atoms with van der Waals surface area (Å²) in [5.41, 5.74) is 5.68. The Hall–Kier alpha value is -1.74. The van der Waals surface area contributed by atoms with Crippen LogP contribution in [0.3, 0.4) is 0 Å². The highest BCUT2D eigenvalue weighted by atomic mass is 16.6. The molecule has 20 heavy (non-hydrogen) atoms. The maximum atomic E-state index is 10.2. The first kappa shape index (κ1) is 13.3. The number of aliphatic hydroxyl groups is 3. The molecule has 0 aliphatic carbocycles. The maximum absolute atomic E-state index is 10.2. The van der Waals surface area contributed by atoms with Gasteiger partial charge in [0, 0.05) is 0 Å². The van der Waals surface area contributed by atoms with Crippen molar-refractivity contribution in [1.29, 1.82) is 0 Å². The summed E-state index contributed by atoms with van der Waals surface area (Å²) in [7, 11) is 0. The highest BCUT2D eigenvalue weighted by molar-refractivity contribution is 5.65. The van der Waals surface area contributed by atoms with E-state index in [0.29, 0.717) is 17.0 Å². The predicted molar refractivity (Wildman–Crippen MR) is 68.7 cm³/mol. The number of nitrogen functional groups attached to an aromatic ring is 1. The molecule has 2 aromatic heterocycles. The van der Waals surface area contributed by atoms with E-state index in [-0.39, 0.29) is 6.61 Å². The van der Waals surface area contributed by atoms with Crippen LogP contribution in [0, 0.1) is 0 Å². The van der Waals surface area contributed by atoms with E-state index >= 15 is 0 Å². The summed E-state index contributed by atoms with van der Waals surface area (Å²) in [5.74, 6) is 0.307. The van der Waals surface area contributed by atoms with E-state index in [1.807, 2.05) is 0 Å². The van der Waals surface area contributed by atoms with Crippen molar-refractivity contribution >= 4 is 11.3 Å². The molecule has 1 fully saturated rings. The number of ether oxygens (including phenoxy) is 1. The van der Waals surface area contributed by atoms with Gasteiger partial charge in [-0.1, -0.05) is 0 Å². The number of hydrogen-bond acceptors (Lipinski definition) is 7. The van der Waals surface area contributed by atoms with Gasteiger partial charge >= 0.3 is 0 Å². The molecule has 0 aromatic carbocycles. The molecule has 1 aliphatic rings. The molecular formula is C12H16N4O4. The minimum absolute atomic E-state index is 0.307. The van der Waals surface area contributed by atoms with E-state index in [4.69, 9.17) is 10.5 Å². The lowest BCUT2D eigenvalue weighted by Crippen LogP contribution is -2.39. The summed E-state index contributed by atoms with van der Waals surface area (Å²) in [6, 6.07) is 3.42. The van der Waals surface area contributed by atoms with Crippen LogP contribution in [0.25, 0.3) is 5.52 Å². The van der Waals surface area contributed by atoms with E-state index in [1.165, 1.54) is 10.8 Å². The molecule has 5 N–H and O–H groups in total. The van der Waals surface area contributed by atoms with Gasteiger partial charge < -0.3 is 25.8 Å². The zero-order valence-corrected chi connectivity index (χ0v) is 10.8. The van der Waals surface area contributed by atoms with Crippen molar-refractivity contribution in [2.75, 3.05) is 12.3 Å². The SMILES string of the molecule is CC1(c2ccc3c(N)ncnn23)OC(CO)[C@@H](O)[C@H]1O. The van der Waals surface area contributed by atoms with Gasteiger partial charge in [-0.15, -0.1) is 0 Å². The second kappa shape index (κ2) is 4.38. The molecular weight excluding hydrogens is 264 g/mol. The van der Waals surface area contributed by atoms with Gasteiger partial charge in [0.15, 0.2) is 5.82 Å². The fraction of sp³-hybridized carbons (Fsp3) is 0.500. The highest BCUT2D eigenvalue weighted by Crippen LogP contribution is 2.40. The summed E-state index contributed by atoms with van der Waals surface area (Å²) in [6.45, 7) is 1.25. The summed E-state index contributed by atoms with van der Waals surface area (Å²) in [4.78, 5) is 3.89. The minimum Gasteiger partial charge on any atom is -0.394 e. The van der Waals surface area contributed by atoms with E-state index in [0.717, 1.165) is 0 Å². The van der Waals surface area contributed by atoms with Crippen LogP contribution < -0.4 is 5.73 Å². The third-order valence-electron chi connectivity index (χ3n) is 3.84. The first-order valence-electron chi connectivity index (χ1n) is 6.22. The highest BCUT2D eigenvalue weighted by Gasteiger charge is 2.53.